The van der Waals surface area contributed by atoms with Crippen LogP contribution >= 0.6 is 0 Å². The molecule has 2 nitrogen and oxygen atoms in total. The van der Waals surface area contributed by atoms with E-state index in [2.05, 4.69) is 181 Å². The Morgan fingerprint density at radius 1 is 0.375 bits per heavy atom. The zero-order chi connectivity index (χ0) is 31.6. The molecule has 0 radical (unpaired) electrons. The zero-order valence-corrected chi connectivity index (χ0v) is 26.1. The minimum Gasteiger partial charge on any atom is -0.455 e. The molecule has 0 N–H and O–H groups in total. The first kappa shape index (κ1) is 26.8. The second-order valence-corrected chi connectivity index (χ2v) is 12.5. The molecule has 9 aromatic carbocycles. The van der Waals surface area contributed by atoms with Crippen molar-refractivity contribution in [2.24, 2.45) is 0 Å². The molecule has 0 aliphatic rings. The van der Waals surface area contributed by atoms with Gasteiger partial charge < -0.3 is 9.32 Å². The van der Waals surface area contributed by atoms with Crippen LogP contribution in [0.15, 0.2) is 180 Å². The van der Waals surface area contributed by atoms with E-state index in [1.807, 2.05) is 0 Å². The predicted molar refractivity (Wildman–Crippen MR) is 203 cm³/mol. The normalized spacial score (nSPS) is 11.8. The Morgan fingerprint density at radius 3 is 1.73 bits per heavy atom. The maximum atomic E-state index is 6.54. The van der Waals surface area contributed by atoms with Crippen molar-refractivity contribution in [3.05, 3.63) is 176 Å². The third-order valence-electron chi connectivity index (χ3n) is 9.81. The Bertz CT molecular complexity index is 2760. The fourth-order valence-electron chi connectivity index (χ4n) is 7.53. The molecule has 0 bridgehead atoms. The van der Waals surface area contributed by atoms with Crippen LogP contribution in [0.4, 0.5) is 17.1 Å². The lowest BCUT2D eigenvalue weighted by atomic mass is 9.96. The van der Waals surface area contributed by atoms with Gasteiger partial charge in [0.05, 0.1) is 5.69 Å². The summed E-state index contributed by atoms with van der Waals surface area (Å²) < 4.78 is 6.54. The molecule has 0 saturated carbocycles. The van der Waals surface area contributed by atoms with Crippen LogP contribution in [0.25, 0.3) is 76.5 Å². The summed E-state index contributed by atoms with van der Waals surface area (Å²) in [5.74, 6) is 0. The van der Waals surface area contributed by atoms with E-state index in [-0.39, 0.29) is 0 Å². The van der Waals surface area contributed by atoms with E-state index in [0.29, 0.717) is 0 Å². The zero-order valence-electron chi connectivity index (χ0n) is 26.1. The molecule has 2 heteroatoms. The van der Waals surface area contributed by atoms with Crippen molar-refractivity contribution in [3.8, 4) is 22.3 Å². The Balaban J connectivity index is 1.15. The van der Waals surface area contributed by atoms with Crippen molar-refractivity contribution in [1.29, 1.82) is 0 Å². The molecule has 224 valence electrons. The summed E-state index contributed by atoms with van der Waals surface area (Å²) >= 11 is 0. The highest BCUT2D eigenvalue weighted by Gasteiger charge is 2.20. The smallest absolute Gasteiger partial charge is 0.143 e. The SMILES string of the molecule is c1ccc(-c2ccc(N(c3ccc(-c4ccc5ccc6cccc7oc4c5c67)cc3)c3cc4ccccc4c4ccccc34)cc2)cc1. The molecule has 1 heterocycles. The van der Waals surface area contributed by atoms with Gasteiger partial charge in [-0.05, 0) is 86.1 Å². The van der Waals surface area contributed by atoms with E-state index in [1.54, 1.807) is 0 Å². The number of furan rings is 1. The summed E-state index contributed by atoms with van der Waals surface area (Å²) in [4.78, 5) is 2.39. The van der Waals surface area contributed by atoms with Gasteiger partial charge in [-0.25, -0.2) is 0 Å². The van der Waals surface area contributed by atoms with Crippen molar-refractivity contribution in [2.45, 2.75) is 0 Å². The van der Waals surface area contributed by atoms with Crippen LogP contribution in [0.5, 0.6) is 0 Å². The molecule has 0 atom stereocenters. The Morgan fingerprint density at radius 2 is 0.958 bits per heavy atom. The molecule has 48 heavy (non-hydrogen) atoms. The van der Waals surface area contributed by atoms with Gasteiger partial charge in [-0.2, -0.15) is 0 Å². The molecule has 0 amide bonds. The van der Waals surface area contributed by atoms with Gasteiger partial charge in [0.2, 0.25) is 0 Å². The van der Waals surface area contributed by atoms with Crippen LogP contribution in [0.3, 0.4) is 0 Å². The van der Waals surface area contributed by atoms with Crippen molar-refractivity contribution in [1.82, 2.24) is 0 Å². The summed E-state index contributed by atoms with van der Waals surface area (Å²) in [6.07, 6.45) is 0. The summed E-state index contributed by atoms with van der Waals surface area (Å²) in [7, 11) is 0. The van der Waals surface area contributed by atoms with E-state index in [1.165, 1.54) is 54.2 Å². The quantitative estimate of drug-likeness (QED) is 0.180. The fourth-order valence-corrected chi connectivity index (χ4v) is 7.53. The third kappa shape index (κ3) is 4.13. The van der Waals surface area contributed by atoms with Gasteiger partial charge >= 0.3 is 0 Å². The standard InChI is InChI=1S/C46H29NO/c1-2-9-30(10-3-1)31-19-24-36(25-20-31)47(42-29-35-11-4-5-13-38(35)40-14-6-7-15-41(40)42)37-26-21-32(22-27-37)39-28-23-34-18-17-33-12-8-16-43-44(33)45(34)46(39)48-43/h1-29H. The van der Waals surface area contributed by atoms with Gasteiger partial charge in [0.1, 0.15) is 11.2 Å². The second kappa shape index (κ2) is 10.6. The van der Waals surface area contributed by atoms with E-state index < -0.39 is 0 Å². The number of benzene rings is 9. The Hall–Kier alpha value is -6.38. The molecule has 0 aliphatic heterocycles. The fraction of sp³-hybridized carbons (Fsp3) is 0. The molecule has 0 saturated heterocycles. The summed E-state index contributed by atoms with van der Waals surface area (Å²) in [5.41, 5.74) is 9.87. The molecular formula is C46H29NO. The Kier molecular flexibility index (Phi) is 5.91. The predicted octanol–water partition coefficient (Wildman–Crippen LogP) is 13.3. The van der Waals surface area contributed by atoms with E-state index in [4.69, 9.17) is 4.42 Å². The van der Waals surface area contributed by atoms with Gasteiger partial charge in [-0.1, -0.05) is 133 Å². The van der Waals surface area contributed by atoms with Gasteiger partial charge in [0.15, 0.2) is 0 Å². The molecule has 1 aromatic heterocycles. The van der Waals surface area contributed by atoms with Gasteiger partial charge in [-0.15, -0.1) is 0 Å². The lowest BCUT2D eigenvalue weighted by Crippen LogP contribution is -2.10. The summed E-state index contributed by atoms with van der Waals surface area (Å²) in [6.45, 7) is 0. The van der Waals surface area contributed by atoms with Crippen LogP contribution in [-0.4, -0.2) is 0 Å². The summed E-state index contributed by atoms with van der Waals surface area (Å²) in [6, 6.07) is 63.3. The van der Waals surface area contributed by atoms with Gasteiger partial charge in [0, 0.05) is 33.1 Å². The maximum Gasteiger partial charge on any atom is 0.143 e. The van der Waals surface area contributed by atoms with Crippen molar-refractivity contribution in [2.75, 3.05) is 4.90 Å². The van der Waals surface area contributed by atoms with Gasteiger partial charge in [0.25, 0.3) is 0 Å². The molecular weight excluding hydrogens is 583 g/mol. The first-order valence-corrected chi connectivity index (χ1v) is 16.4. The average Bonchev–Trinajstić information content (AvgIpc) is 3.56. The lowest BCUT2D eigenvalue weighted by Gasteiger charge is -2.28. The van der Waals surface area contributed by atoms with Crippen LogP contribution in [0.2, 0.25) is 0 Å². The van der Waals surface area contributed by atoms with Crippen molar-refractivity contribution < 1.29 is 4.42 Å². The van der Waals surface area contributed by atoms with Crippen LogP contribution < -0.4 is 4.90 Å². The van der Waals surface area contributed by atoms with Crippen molar-refractivity contribution in [3.63, 3.8) is 0 Å². The number of fused-ring (bicyclic) bond motifs is 3. The number of hydrogen-bond donors (Lipinski definition) is 0. The van der Waals surface area contributed by atoms with Gasteiger partial charge in [-0.3, -0.25) is 0 Å². The number of hydrogen-bond acceptors (Lipinski definition) is 2. The minimum absolute atomic E-state index is 0.936. The molecule has 0 spiro atoms. The number of anilines is 3. The van der Waals surface area contributed by atoms with Crippen molar-refractivity contribution >= 4 is 71.3 Å². The highest BCUT2D eigenvalue weighted by Crippen LogP contribution is 2.45. The maximum absolute atomic E-state index is 6.54. The second-order valence-electron chi connectivity index (χ2n) is 12.5. The van der Waals surface area contributed by atoms with Crippen LogP contribution in [0, 0.1) is 0 Å². The molecule has 0 unspecified atom stereocenters. The Labute approximate surface area is 278 Å². The van der Waals surface area contributed by atoms with E-state index in [9.17, 15) is 0 Å². The minimum atomic E-state index is 0.936. The monoisotopic (exact) mass is 611 g/mol. The summed E-state index contributed by atoms with van der Waals surface area (Å²) in [5, 5.41) is 9.76. The first-order valence-electron chi connectivity index (χ1n) is 16.4. The molecule has 0 aliphatic carbocycles. The number of nitrogens with zero attached hydrogens (tertiary/aromatic N) is 1. The molecule has 10 aromatic rings. The average molecular weight is 612 g/mol. The van der Waals surface area contributed by atoms with E-state index in [0.717, 1.165) is 39.4 Å². The van der Waals surface area contributed by atoms with E-state index >= 15 is 0 Å². The topological polar surface area (TPSA) is 16.4 Å². The third-order valence-corrected chi connectivity index (χ3v) is 9.81. The first-order chi connectivity index (χ1) is 23.8. The lowest BCUT2D eigenvalue weighted by molar-refractivity contribution is 0.670. The van der Waals surface area contributed by atoms with Crippen LogP contribution in [-0.2, 0) is 0 Å². The largest absolute Gasteiger partial charge is 0.455 e. The number of rotatable bonds is 5. The molecule has 0 fully saturated rings. The highest BCUT2D eigenvalue weighted by atomic mass is 16.3. The van der Waals surface area contributed by atoms with Crippen LogP contribution in [0.1, 0.15) is 0 Å². The molecule has 10 rings (SSSR count). The highest BCUT2D eigenvalue weighted by molar-refractivity contribution is 6.24.